The number of ether oxygens (including phenoxy) is 1. The minimum atomic E-state index is -0.568. The maximum absolute atomic E-state index is 11.3. The fourth-order valence-corrected chi connectivity index (χ4v) is 1.66. The second kappa shape index (κ2) is 8.55. The number of carbonyl (C=O) groups is 1. The van der Waals surface area contributed by atoms with Crippen LogP contribution in [0.4, 0.5) is 0 Å². The Morgan fingerprint density at radius 1 is 1.25 bits per heavy atom. The highest BCUT2D eigenvalue weighted by atomic mass is 16.5. The van der Waals surface area contributed by atoms with Gasteiger partial charge in [0, 0.05) is 25.6 Å². The number of hydrogen-bond acceptors (Lipinski definition) is 4. The van der Waals surface area contributed by atoms with E-state index in [9.17, 15) is 9.90 Å². The monoisotopic (exact) mass is 280 g/mol. The van der Waals surface area contributed by atoms with Gasteiger partial charge in [0.1, 0.15) is 5.75 Å². The van der Waals surface area contributed by atoms with Gasteiger partial charge in [-0.05, 0) is 17.7 Å². The lowest BCUT2D eigenvalue weighted by Crippen LogP contribution is -2.35. The molecule has 0 saturated heterocycles. The summed E-state index contributed by atoms with van der Waals surface area (Å²) in [6.07, 6.45) is -0.568. The minimum Gasteiger partial charge on any atom is -0.497 e. The van der Waals surface area contributed by atoms with Gasteiger partial charge in [-0.15, -0.1) is 0 Å². The van der Waals surface area contributed by atoms with Crippen molar-refractivity contribution < 1.29 is 14.6 Å². The van der Waals surface area contributed by atoms with E-state index < -0.39 is 6.10 Å². The highest BCUT2D eigenvalue weighted by molar-refractivity contribution is 5.77. The molecular formula is C15H24N2O3. The lowest BCUT2D eigenvalue weighted by molar-refractivity contribution is -0.123. The number of rotatable bonds is 8. The van der Waals surface area contributed by atoms with Crippen LogP contribution < -0.4 is 15.4 Å². The van der Waals surface area contributed by atoms with Crippen LogP contribution in [-0.4, -0.2) is 37.8 Å². The van der Waals surface area contributed by atoms with Gasteiger partial charge in [-0.2, -0.15) is 0 Å². The molecule has 0 bridgehead atoms. The van der Waals surface area contributed by atoms with E-state index >= 15 is 0 Å². The Kier molecular flexibility index (Phi) is 7.04. The molecule has 1 amide bonds. The molecule has 1 aromatic rings. The van der Waals surface area contributed by atoms with E-state index in [4.69, 9.17) is 4.74 Å². The molecule has 1 atom stereocenters. The van der Waals surface area contributed by atoms with Gasteiger partial charge >= 0.3 is 0 Å². The van der Waals surface area contributed by atoms with Gasteiger partial charge in [0.15, 0.2) is 0 Å². The van der Waals surface area contributed by atoms with E-state index in [1.807, 2.05) is 38.1 Å². The average molecular weight is 280 g/mol. The number of benzene rings is 1. The van der Waals surface area contributed by atoms with E-state index in [0.717, 1.165) is 11.3 Å². The molecule has 0 aromatic heterocycles. The summed E-state index contributed by atoms with van der Waals surface area (Å²) in [6, 6.07) is 7.32. The molecule has 0 aliphatic carbocycles. The third kappa shape index (κ3) is 5.59. The third-order valence-corrected chi connectivity index (χ3v) is 2.96. The molecule has 0 aliphatic rings. The smallest absolute Gasteiger partial charge is 0.222 e. The number of carbonyl (C=O) groups excluding carboxylic acids is 1. The predicted molar refractivity (Wildman–Crippen MR) is 78.7 cm³/mol. The molecule has 20 heavy (non-hydrogen) atoms. The van der Waals surface area contributed by atoms with Crippen LogP contribution >= 0.6 is 0 Å². The van der Waals surface area contributed by atoms with Gasteiger partial charge in [-0.25, -0.2) is 0 Å². The van der Waals surface area contributed by atoms with Gasteiger partial charge < -0.3 is 20.5 Å². The molecule has 0 heterocycles. The molecule has 112 valence electrons. The lowest BCUT2D eigenvalue weighted by Gasteiger charge is -2.13. The van der Waals surface area contributed by atoms with Crippen LogP contribution in [0.1, 0.15) is 25.5 Å². The Labute approximate surface area is 120 Å². The van der Waals surface area contributed by atoms with Gasteiger partial charge in [0.2, 0.25) is 5.91 Å². The predicted octanol–water partition coefficient (Wildman–Crippen LogP) is 1.09. The van der Waals surface area contributed by atoms with Crippen LogP contribution in [0.15, 0.2) is 24.3 Å². The Morgan fingerprint density at radius 3 is 2.45 bits per heavy atom. The summed E-state index contributed by atoms with van der Waals surface area (Å²) in [7, 11) is 1.61. The van der Waals surface area contributed by atoms with Crippen LogP contribution in [0, 0.1) is 5.92 Å². The maximum atomic E-state index is 11.3. The first-order valence-corrected chi connectivity index (χ1v) is 6.85. The van der Waals surface area contributed by atoms with Crippen molar-refractivity contribution in [3.8, 4) is 5.75 Å². The maximum Gasteiger partial charge on any atom is 0.222 e. The Bertz CT molecular complexity index is 404. The molecule has 5 heteroatoms. The van der Waals surface area contributed by atoms with Crippen molar-refractivity contribution in [3.63, 3.8) is 0 Å². The quantitative estimate of drug-likeness (QED) is 0.623. The van der Waals surface area contributed by atoms with E-state index in [-0.39, 0.29) is 11.8 Å². The molecule has 0 radical (unpaired) electrons. The summed E-state index contributed by atoms with van der Waals surface area (Å²) in [5.41, 5.74) is 0.838. The number of methoxy groups -OCH3 is 1. The lowest BCUT2D eigenvalue weighted by atomic mass is 10.1. The summed E-state index contributed by atoms with van der Waals surface area (Å²) in [5.74, 6) is 0.813. The molecule has 5 nitrogen and oxygen atoms in total. The zero-order valence-electron chi connectivity index (χ0n) is 12.3. The number of hydrogen-bond donors (Lipinski definition) is 3. The van der Waals surface area contributed by atoms with Crippen molar-refractivity contribution in [2.75, 3.05) is 26.7 Å². The topological polar surface area (TPSA) is 70.6 Å². The second-order valence-corrected chi connectivity index (χ2v) is 4.94. The first kappa shape index (κ1) is 16.5. The highest BCUT2D eigenvalue weighted by Crippen LogP contribution is 2.16. The average Bonchev–Trinajstić information content (AvgIpc) is 2.46. The summed E-state index contributed by atoms with van der Waals surface area (Å²) >= 11 is 0. The number of amides is 1. The second-order valence-electron chi connectivity index (χ2n) is 4.94. The molecule has 0 saturated carbocycles. The van der Waals surface area contributed by atoms with Crippen LogP contribution in [0.3, 0.4) is 0 Å². The normalized spacial score (nSPS) is 12.2. The Hall–Kier alpha value is -1.59. The number of nitrogens with one attached hydrogen (secondary N) is 2. The Morgan fingerprint density at radius 2 is 1.90 bits per heavy atom. The molecule has 0 aliphatic heterocycles. The summed E-state index contributed by atoms with van der Waals surface area (Å²) in [5, 5.41) is 15.9. The first-order chi connectivity index (χ1) is 9.54. The van der Waals surface area contributed by atoms with Crippen molar-refractivity contribution in [3.05, 3.63) is 29.8 Å². The van der Waals surface area contributed by atoms with Crippen molar-refractivity contribution in [2.24, 2.45) is 5.92 Å². The summed E-state index contributed by atoms with van der Waals surface area (Å²) < 4.78 is 5.07. The largest absolute Gasteiger partial charge is 0.497 e. The van der Waals surface area contributed by atoms with Gasteiger partial charge in [0.25, 0.3) is 0 Å². The highest BCUT2D eigenvalue weighted by Gasteiger charge is 2.08. The van der Waals surface area contributed by atoms with E-state index in [1.165, 1.54) is 0 Å². The van der Waals surface area contributed by atoms with E-state index in [1.54, 1.807) is 7.11 Å². The number of aliphatic hydroxyl groups is 1. The van der Waals surface area contributed by atoms with E-state index in [0.29, 0.717) is 19.6 Å². The standard InChI is InChI=1S/C15H24N2O3/c1-11(2)15(19)17-9-8-16-10-14(18)12-4-6-13(20-3)7-5-12/h4-7,11,14,16,18H,8-10H2,1-3H3,(H,17,19)/t14-/m0/s1. The van der Waals surface area contributed by atoms with Crippen molar-refractivity contribution in [1.82, 2.24) is 10.6 Å². The molecule has 0 fully saturated rings. The number of aliphatic hydroxyl groups excluding tert-OH is 1. The van der Waals surface area contributed by atoms with Crippen LogP contribution in [0.5, 0.6) is 5.75 Å². The van der Waals surface area contributed by atoms with Crippen molar-refractivity contribution in [2.45, 2.75) is 20.0 Å². The minimum absolute atomic E-state index is 0.000102. The third-order valence-electron chi connectivity index (χ3n) is 2.96. The van der Waals surface area contributed by atoms with Gasteiger partial charge in [0.05, 0.1) is 13.2 Å². The van der Waals surface area contributed by atoms with Crippen LogP contribution in [0.2, 0.25) is 0 Å². The fraction of sp³-hybridized carbons (Fsp3) is 0.533. The Balaban J connectivity index is 2.22. The molecular weight excluding hydrogens is 256 g/mol. The van der Waals surface area contributed by atoms with Crippen LogP contribution in [-0.2, 0) is 4.79 Å². The molecule has 1 rings (SSSR count). The van der Waals surface area contributed by atoms with Gasteiger partial charge in [-0.1, -0.05) is 26.0 Å². The first-order valence-electron chi connectivity index (χ1n) is 6.85. The van der Waals surface area contributed by atoms with Crippen molar-refractivity contribution >= 4 is 5.91 Å². The molecule has 0 spiro atoms. The molecule has 3 N–H and O–H groups in total. The van der Waals surface area contributed by atoms with E-state index in [2.05, 4.69) is 10.6 Å². The summed E-state index contributed by atoms with van der Waals surface area (Å²) in [6.45, 7) is 5.36. The molecule has 0 unspecified atom stereocenters. The zero-order chi connectivity index (χ0) is 15.0. The summed E-state index contributed by atoms with van der Waals surface area (Å²) in [4.78, 5) is 11.3. The zero-order valence-corrected chi connectivity index (χ0v) is 12.3. The van der Waals surface area contributed by atoms with Gasteiger partial charge in [-0.3, -0.25) is 4.79 Å². The van der Waals surface area contributed by atoms with Crippen LogP contribution in [0.25, 0.3) is 0 Å². The molecule has 1 aromatic carbocycles. The fourth-order valence-electron chi connectivity index (χ4n) is 1.66. The van der Waals surface area contributed by atoms with Crippen molar-refractivity contribution in [1.29, 1.82) is 0 Å². The SMILES string of the molecule is COc1ccc([C@@H](O)CNCCNC(=O)C(C)C)cc1.